The van der Waals surface area contributed by atoms with E-state index in [0.29, 0.717) is 6.54 Å². The van der Waals surface area contributed by atoms with Crippen LogP contribution in [0.3, 0.4) is 0 Å². The van der Waals surface area contributed by atoms with Gasteiger partial charge in [-0.2, -0.15) is 0 Å². The van der Waals surface area contributed by atoms with Gasteiger partial charge in [-0.05, 0) is 48.6 Å². The van der Waals surface area contributed by atoms with Crippen LogP contribution in [-0.2, 0) is 16.8 Å². The SMILES string of the molecule is CC(=O)Nc1cccc([C@@H](C)NC[C@@]2(O)CCc3ccccc32)c1. The lowest BCUT2D eigenvalue weighted by molar-refractivity contribution is -0.114. The fourth-order valence-corrected chi connectivity index (χ4v) is 3.38. The zero-order valence-corrected chi connectivity index (χ0v) is 14.2. The van der Waals surface area contributed by atoms with Gasteiger partial charge in [0.1, 0.15) is 5.60 Å². The lowest BCUT2D eigenvalue weighted by atomic mass is 9.95. The molecule has 4 heteroatoms. The third-order valence-corrected chi connectivity index (χ3v) is 4.73. The Morgan fingerprint density at radius 1 is 1.25 bits per heavy atom. The summed E-state index contributed by atoms with van der Waals surface area (Å²) in [6.07, 6.45) is 1.67. The summed E-state index contributed by atoms with van der Waals surface area (Å²) < 4.78 is 0. The van der Waals surface area contributed by atoms with Gasteiger partial charge in [0.05, 0.1) is 0 Å². The van der Waals surface area contributed by atoms with Crippen molar-refractivity contribution in [2.75, 3.05) is 11.9 Å². The van der Waals surface area contributed by atoms with Crippen molar-refractivity contribution in [1.82, 2.24) is 5.32 Å². The van der Waals surface area contributed by atoms with Gasteiger partial charge in [0.2, 0.25) is 5.91 Å². The minimum atomic E-state index is -0.805. The second-order valence-corrected chi connectivity index (χ2v) is 6.60. The Morgan fingerprint density at radius 3 is 2.83 bits per heavy atom. The highest BCUT2D eigenvalue weighted by atomic mass is 16.3. The summed E-state index contributed by atoms with van der Waals surface area (Å²) in [7, 11) is 0. The van der Waals surface area contributed by atoms with Gasteiger partial charge in [-0.1, -0.05) is 36.4 Å². The molecule has 0 aliphatic heterocycles. The third kappa shape index (κ3) is 3.50. The lowest BCUT2D eigenvalue weighted by Crippen LogP contribution is -2.37. The van der Waals surface area contributed by atoms with E-state index in [0.717, 1.165) is 29.7 Å². The van der Waals surface area contributed by atoms with E-state index >= 15 is 0 Å². The summed E-state index contributed by atoms with van der Waals surface area (Å²) in [5, 5.41) is 17.2. The van der Waals surface area contributed by atoms with Gasteiger partial charge in [0, 0.05) is 25.2 Å². The second kappa shape index (κ2) is 6.75. The molecular formula is C20H24N2O2. The Balaban J connectivity index is 1.68. The van der Waals surface area contributed by atoms with E-state index in [2.05, 4.69) is 23.6 Å². The van der Waals surface area contributed by atoms with Gasteiger partial charge >= 0.3 is 0 Å². The maximum Gasteiger partial charge on any atom is 0.221 e. The topological polar surface area (TPSA) is 61.4 Å². The maximum atomic E-state index is 11.2. The third-order valence-electron chi connectivity index (χ3n) is 4.73. The fourth-order valence-electron chi connectivity index (χ4n) is 3.38. The van der Waals surface area contributed by atoms with Crippen LogP contribution in [-0.4, -0.2) is 17.6 Å². The highest BCUT2D eigenvalue weighted by molar-refractivity contribution is 5.88. The van der Waals surface area contributed by atoms with Gasteiger partial charge in [-0.3, -0.25) is 4.79 Å². The van der Waals surface area contributed by atoms with E-state index < -0.39 is 5.60 Å². The van der Waals surface area contributed by atoms with E-state index in [9.17, 15) is 9.90 Å². The summed E-state index contributed by atoms with van der Waals surface area (Å²) in [6.45, 7) is 4.08. The largest absolute Gasteiger partial charge is 0.384 e. The predicted molar refractivity (Wildman–Crippen MR) is 95.8 cm³/mol. The molecule has 24 heavy (non-hydrogen) atoms. The molecule has 0 fully saturated rings. The Kier molecular flexibility index (Phi) is 4.69. The summed E-state index contributed by atoms with van der Waals surface area (Å²) >= 11 is 0. The number of hydrogen-bond donors (Lipinski definition) is 3. The van der Waals surface area contributed by atoms with E-state index in [-0.39, 0.29) is 11.9 Å². The number of fused-ring (bicyclic) bond motifs is 1. The monoisotopic (exact) mass is 324 g/mol. The van der Waals surface area contributed by atoms with E-state index in [1.807, 2.05) is 42.5 Å². The van der Waals surface area contributed by atoms with Crippen LogP contribution < -0.4 is 10.6 Å². The van der Waals surface area contributed by atoms with Gasteiger partial charge in [0.15, 0.2) is 0 Å². The first-order chi connectivity index (χ1) is 11.5. The first-order valence-corrected chi connectivity index (χ1v) is 8.40. The molecule has 0 bridgehead atoms. The highest BCUT2D eigenvalue weighted by Crippen LogP contribution is 2.36. The minimum absolute atomic E-state index is 0.0790. The quantitative estimate of drug-likeness (QED) is 0.792. The predicted octanol–water partition coefficient (Wildman–Crippen LogP) is 3.13. The number of amides is 1. The number of anilines is 1. The summed E-state index contributed by atoms with van der Waals surface area (Å²) in [4.78, 5) is 11.2. The molecule has 4 nitrogen and oxygen atoms in total. The van der Waals surface area contributed by atoms with Crippen LogP contribution in [0.1, 0.15) is 43.0 Å². The van der Waals surface area contributed by atoms with Gasteiger partial charge < -0.3 is 15.7 Å². The number of carbonyl (C=O) groups is 1. The smallest absolute Gasteiger partial charge is 0.221 e. The Bertz CT molecular complexity index is 744. The van der Waals surface area contributed by atoms with Crippen LogP contribution in [0.25, 0.3) is 0 Å². The number of rotatable bonds is 5. The van der Waals surface area contributed by atoms with Crippen LogP contribution in [0.4, 0.5) is 5.69 Å². The number of aliphatic hydroxyl groups is 1. The number of nitrogens with one attached hydrogen (secondary N) is 2. The molecule has 1 aliphatic rings. The van der Waals surface area contributed by atoms with Crippen LogP contribution in [0.2, 0.25) is 0 Å². The Hall–Kier alpha value is -2.17. The maximum absolute atomic E-state index is 11.2. The molecule has 3 rings (SSSR count). The van der Waals surface area contributed by atoms with Gasteiger partial charge in [-0.25, -0.2) is 0 Å². The molecule has 0 saturated heterocycles. The molecular weight excluding hydrogens is 300 g/mol. The molecule has 0 radical (unpaired) electrons. The van der Waals surface area contributed by atoms with Crippen molar-refractivity contribution < 1.29 is 9.90 Å². The van der Waals surface area contributed by atoms with E-state index in [1.54, 1.807) is 0 Å². The van der Waals surface area contributed by atoms with Crippen LogP contribution in [0.15, 0.2) is 48.5 Å². The minimum Gasteiger partial charge on any atom is -0.384 e. The van der Waals surface area contributed by atoms with Crippen molar-refractivity contribution in [3.63, 3.8) is 0 Å². The van der Waals surface area contributed by atoms with Crippen LogP contribution in [0.5, 0.6) is 0 Å². The Labute approximate surface area is 142 Å². The zero-order valence-electron chi connectivity index (χ0n) is 14.2. The molecule has 1 amide bonds. The molecule has 0 saturated carbocycles. The van der Waals surface area contributed by atoms with Crippen LogP contribution >= 0.6 is 0 Å². The van der Waals surface area contributed by atoms with Gasteiger partial charge in [-0.15, -0.1) is 0 Å². The molecule has 0 spiro atoms. The van der Waals surface area contributed by atoms with Crippen molar-refractivity contribution in [3.05, 3.63) is 65.2 Å². The summed E-state index contributed by atoms with van der Waals surface area (Å²) in [5.41, 5.74) is 3.34. The van der Waals surface area contributed by atoms with Crippen molar-refractivity contribution in [1.29, 1.82) is 0 Å². The van der Waals surface area contributed by atoms with Crippen LogP contribution in [0, 0.1) is 0 Å². The molecule has 1 aliphatic carbocycles. The molecule has 2 aromatic rings. The molecule has 2 aromatic carbocycles. The number of hydrogen-bond acceptors (Lipinski definition) is 3. The first-order valence-electron chi connectivity index (χ1n) is 8.40. The molecule has 0 unspecified atom stereocenters. The van der Waals surface area contributed by atoms with Gasteiger partial charge in [0.25, 0.3) is 0 Å². The molecule has 0 heterocycles. The van der Waals surface area contributed by atoms with Crippen molar-refractivity contribution in [2.45, 2.75) is 38.3 Å². The molecule has 3 N–H and O–H groups in total. The number of carbonyl (C=O) groups excluding carboxylic acids is 1. The average Bonchev–Trinajstić information content (AvgIpc) is 2.90. The van der Waals surface area contributed by atoms with Crippen molar-refractivity contribution in [2.24, 2.45) is 0 Å². The normalized spacial score (nSPS) is 20.5. The first kappa shape index (κ1) is 16.7. The van der Waals surface area contributed by atoms with Crippen molar-refractivity contribution in [3.8, 4) is 0 Å². The summed E-state index contributed by atoms with van der Waals surface area (Å²) in [5.74, 6) is -0.0790. The average molecular weight is 324 g/mol. The lowest BCUT2D eigenvalue weighted by Gasteiger charge is -2.27. The number of benzene rings is 2. The highest BCUT2D eigenvalue weighted by Gasteiger charge is 2.36. The molecule has 0 aromatic heterocycles. The zero-order chi connectivity index (χ0) is 17.2. The van der Waals surface area contributed by atoms with Crippen molar-refractivity contribution >= 4 is 11.6 Å². The fraction of sp³-hybridized carbons (Fsp3) is 0.350. The second-order valence-electron chi connectivity index (χ2n) is 6.60. The Morgan fingerprint density at radius 2 is 2.04 bits per heavy atom. The van der Waals surface area contributed by atoms with E-state index in [4.69, 9.17) is 0 Å². The van der Waals surface area contributed by atoms with E-state index in [1.165, 1.54) is 12.5 Å². The standard InChI is InChI=1S/C20H24N2O2/c1-14(17-7-5-8-18(12-17)22-15(2)23)21-13-20(24)11-10-16-6-3-4-9-19(16)20/h3-9,12,14,21,24H,10-11,13H2,1-2H3,(H,22,23)/t14-,20+/m1/s1. The molecule has 126 valence electrons. The number of aryl methyl sites for hydroxylation is 1. The molecule has 2 atom stereocenters. The summed E-state index contributed by atoms with van der Waals surface area (Å²) in [6, 6.07) is 16.0.